The molecule has 0 saturated carbocycles. The molecule has 0 aliphatic carbocycles. The van der Waals surface area contributed by atoms with Gasteiger partial charge in [-0.15, -0.1) is 5.10 Å². The van der Waals surface area contributed by atoms with Crippen LogP contribution in [-0.4, -0.2) is 37.6 Å². The van der Waals surface area contributed by atoms with Gasteiger partial charge in [-0.3, -0.25) is 10.1 Å². The van der Waals surface area contributed by atoms with Crippen LogP contribution in [0.3, 0.4) is 0 Å². The molecule has 0 atom stereocenters. The molecule has 0 saturated heterocycles. The van der Waals surface area contributed by atoms with Crippen molar-refractivity contribution in [3.8, 4) is 23.0 Å². The molecule has 29 heavy (non-hydrogen) atoms. The van der Waals surface area contributed by atoms with Crippen LogP contribution in [0, 0.1) is 0 Å². The van der Waals surface area contributed by atoms with E-state index in [-0.39, 0.29) is 29.2 Å². The van der Waals surface area contributed by atoms with Gasteiger partial charge in [0.1, 0.15) is 0 Å². The summed E-state index contributed by atoms with van der Waals surface area (Å²) in [5, 5.41) is 10.0. The molecule has 10 heteroatoms. The van der Waals surface area contributed by atoms with Crippen LogP contribution in [0.15, 0.2) is 57.9 Å². The molecule has 4 rings (SSSR count). The van der Waals surface area contributed by atoms with Gasteiger partial charge in [0.2, 0.25) is 6.79 Å². The van der Waals surface area contributed by atoms with Crippen molar-refractivity contribution in [2.75, 3.05) is 18.4 Å². The van der Waals surface area contributed by atoms with E-state index in [0.717, 1.165) is 11.8 Å². The number of hydrogen-bond acceptors (Lipinski definition) is 8. The fraction of sp³-hybridized carbons (Fsp3) is 0.105. The van der Waals surface area contributed by atoms with Gasteiger partial charge in [0, 0.05) is 12.3 Å². The van der Waals surface area contributed by atoms with Crippen LogP contribution in [-0.2, 0) is 14.6 Å². The van der Waals surface area contributed by atoms with E-state index in [1.807, 2.05) is 0 Å². The summed E-state index contributed by atoms with van der Waals surface area (Å²) in [4.78, 5) is 12.2. The normalized spacial score (nSPS) is 13.0. The zero-order valence-corrected chi connectivity index (χ0v) is 16.0. The number of rotatable bonds is 5. The van der Waals surface area contributed by atoms with Gasteiger partial charge >= 0.3 is 6.01 Å². The molecule has 1 amide bonds. The van der Waals surface area contributed by atoms with Crippen LogP contribution >= 0.6 is 0 Å². The minimum Gasteiger partial charge on any atom is -0.454 e. The summed E-state index contributed by atoms with van der Waals surface area (Å²) in [6.07, 6.45) is 3.98. The minimum atomic E-state index is -3.48. The van der Waals surface area contributed by atoms with Gasteiger partial charge in [-0.2, -0.15) is 0 Å². The Hall–Kier alpha value is -3.66. The lowest BCUT2D eigenvalue weighted by atomic mass is 10.2. The van der Waals surface area contributed by atoms with Crippen molar-refractivity contribution < 1.29 is 27.1 Å². The first-order valence-electron chi connectivity index (χ1n) is 8.42. The minimum absolute atomic E-state index is 0.0129. The quantitative estimate of drug-likeness (QED) is 0.634. The van der Waals surface area contributed by atoms with Gasteiger partial charge in [0.25, 0.3) is 11.8 Å². The molecule has 1 aliphatic heterocycles. The number of ether oxygens (including phenoxy) is 2. The predicted octanol–water partition coefficient (Wildman–Crippen LogP) is 2.52. The molecule has 1 aromatic heterocycles. The maximum atomic E-state index is 12.1. The lowest BCUT2D eigenvalue weighted by Crippen LogP contribution is -2.07. The number of carbonyl (C=O) groups excluding carboxylic acids is 1. The van der Waals surface area contributed by atoms with Crippen molar-refractivity contribution in [1.29, 1.82) is 0 Å². The maximum Gasteiger partial charge on any atom is 0.322 e. The summed E-state index contributed by atoms with van der Waals surface area (Å²) in [6, 6.07) is 11.4. The molecule has 2 aromatic carbocycles. The smallest absolute Gasteiger partial charge is 0.322 e. The molecule has 0 spiro atoms. The number of anilines is 1. The second-order valence-electron chi connectivity index (χ2n) is 6.12. The highest BCUT2D eigenvalue weighted by Gasteiger charge is 2.19. The fourth-order valence-corrected chi connectivity index (χ4v) is 3.57. The molecule has 0 radical (unpaired) electrons. The summed E-state index contributed by atoms with van der Waals surface area (Å²) in [7, 11) is -3.48. The van der Waals surface area contributed by atoms with Gasteiger partial charge in [-0.1, -0.05) is 23.3 Å². The van der Waals surface area contributed by atoms with Gasteiger partial charge < -0.3 is 13.9 Å². The van der Waals surface area contributed by atoms with E-state index in [4.69, 9.17) is 13.9 Å². The molecular weight excluding hydrogens is 398 g/mol. The van der Waals surface area contributed by atoms with E-state index < -0.39 is 15.7 Å². The highest BCUT2D eigenvalue weighted by Crippen LogP contribution is 2.32. The summed E-state index contributed by atoms with van der Waals surface area (Å²) >= 11 is 0. The van der Waals surface area contributed by atoms with Crippen molar-refractivity contribution in [2.24, 2.45) is 0 Å². The molecular formula is C19H15N3O6S. The first-order chi connectivity index (χ1) is 13.9. The third-order valence-electron chi connectivity index (χ3n) is 4.00. The molecule has 1 aliphatic rings. The van der Waals surface area contributed by atoms with Crippen LogP contribution in [0.1, 0.15) is 5.56 Å². The Morgan fingerprint density at radius 1 is 1.10 bits per heavy atom. The number of sulfone groups is 1. The Morgan fingerprint density at radius 3 is 2.72 bits per heavy atom. The number of nitrogens with one attached hydrogen (secondary N) is 1. The number of benzene rings is 2. The van der Waals surface area contributed by atoms with Crippen LogP contribution < -0.4 is 14.8 Å². The van der Waals surface area contributed by atoms with Crippen LogP contribution in [0.5, 0.6) is 11.5 Å². The van der Waals surface area contributed by atoms with E-state index in [2.05, 4.69) is 15.5 Å². The fourth-order valence-electron chi connectivity index (χ4n) is 2.69. The Balaban J connectivity index is 1.48. The third kappa shape index (κ3) is 4.11. The molecule has 9 nitrogen and oxygen atoms in total. The average molecular weight is 413 g/mol. The molecule has 2 heterocycles. The first kappa shape index (κ1) is 18.7. The molecule has 148 valence electrons. The van der Waals surface area contributed by atoms with Crippen molar-refractivity contribution in [3.63, 3.8) is 0 Å². The van der Waals surface area contributed by atoms with Crippen molar-refractivity contribution in [3.05, 3.63) is 54.1 Å². The molecule has 0 unspecified atom stereocenters. The Bertz CT molecular complexity index is 1220. The summed E-state index contributed by atoms with van der Waals surface area (Å²) in [5.41, 5.74) is 1.01. The average Bonchev–Trinajstić information content (AvgIpc) is 3.34. The Morgan fingerprint density at radius 2 is 1.90 bits per heavy atom. The molecule has 1 N–H and O–H groups in total. The van der Waals surface area contributed by atoms with Crippen molar-refractivity contribution >= 4 is 27.8 Å². The van der Waals surface area contributed by atoms with E-state index in [0.29, 0.717) is 11.5 Å². The topological polar surface area (TPSA) is 121 Å². The lowest BCUT2D eigenvalue weighted by Gasteiger charge is -2.03. The van der Waals surface area contributed by atoms with Crippen LogP contribution in [0.25, 0.3) is 17.5 Å². The summed E-state index contributed by atoms with van der Waals surface area (Å²) in [5.74, 6) is 0.758. The first-order valence-corrected chi connectivity index (χ1v) is 10.3. The zero-order valence-electron chi connectivity index (χ0n) is 15.2. The number of fused-ring (bicyclic) bond motifs is 1. The van der Waals surface area contributed by atoms with Crippen LogP contribution in [0.2, 0.25) is 0 Å². The summed E-state index contributed by atoms with van der Waals surface area (Å²) < 4.78 is 39.8. The van der Waals surface area contributed by atoms with Crippen molar-refractivity contribution in [1.82, 2.24) is 10.2 Å². The van der Waals surface area contributed by atoms with Gasteiger partial charge in [-0.25, -0.2) is 8.42 Å². The number of nitrogens with zero attached hydrogens (tertiary/aromatic N) is 2. The Kier molecular flexibility index (Phi) is 4.77. The number of hydrogen-bond donors (Lipinski definition) is 1. The highest BCUT2D eigenvalue weighted by molar-refractivity contribution is 7.90. The largest absolute Gasteiger partial charge is 0.454 e. The number of aromatic nitrogens is 2. The van der Waals surface area contributed by atoms with Gasteiger partial charge in [0.05, 0.1) is 10.5 Å². The van der Waals surface area contributed by atoms with E-state index >= 15 is 0 Å². The van der Waals surface area contributed by atoms with Crippen LogP contribution in [0.4, 0.5) is 6.01 Å². The lowest BCUT2D eigenvalue weighted by molar-refractivity contribution is -0.112. The standard InChI is InChI=1S/C19H15N3O6S/c1-29(24,25)16-5-3-2-4-13(16)18-21-22-19(28-18)20-17(23)9-7-12-6-8-14-15(10-12)27-11-26-14/h2-10H,11H2,1H3,(H,20,22,23)/b9-7+. The van der Waals surface area contributed by atoms with E-state index in [1.54, 1.807) is 42.5 Å². The Labute approximate surface area is 165 Å². The molecule has 3 aromatic rings. The van der Waals surface area contributed by atoms with E-state index in [9.17, 15) is 13.2 Å². The predicted molar refractivity (Wildman–Crippen MR) is 103 cm³/mol. The van der Waals surface area contributed by atoms with Crippen molar-refractivity contribution in [2.45, 2.75) is 4.90 Å². The molecule has 0 fully saturated rings. The van der Waals surface area contributed by atoms with Gasteiger partial charge in [0.15, 0.2) is 21.3 Å². The van der Waals surface area contributed by atoms with E-state index in [1.165, 1.54) is 12.1 Å². The molecule has 0 bridgehead atoms. The van der Waals surface area contributed by atoms with Gasteiger partial charge in [-0.05, 0) is 35.9 Å². The second-order valence-corrected chi connectivity index (χ2v) is 8.10. The monoisotopic (exact) mass is 413 g/mol. The SMILES string of the molecule is CS(=O)(=O)c1ccccc1-c1nnc(NC(=O)/C=C/c2ccc3c(c2)OCO3)o1. The third-order valence-corrected chi connectivity index (χ3v) is 5.15. The second kappa shape index (κ2) is 7.40. The highest BCUT2D eigenvalue weighted by atomic mass is 32.2. The number of carbonyl (C=O) groups is 1. The number of amides is 1. The zero-order chi connectivity index (χ0) is 20.4. The summed E-state index contributed by atoms with van der Waals surface area (Å²) in [6.45, 7) is 0.172. The maximum absolute atomic E-state index is 12.1.